The van der Waals surface area contributed by atoms with Crippen molar-refractivity contribution in [2.45, 2.75) is 43.0 Å². The van der Waals surface area contributed by atoms with Crippen molar-refractivity contribution in [3.8, 4) is 0 Å². The van der Waals surface area contributed by atoms with Crippen LogP contribution in [0, 0.1) is 0 Å². The maximum Gasteiger partial charge on any atom is 0.315 e. The summed E-state index contributed by atoms with van der Waals surface area (Å²) in [5.41, 5.74) is 0. The van der Waals surface area contributed by atoms with E-state index in [0.717, 1.165) is 50.4 Å². The Morgan fingerprint density at radius 3 is 1.59 bits per heavy atom. The van der Waals surface area contributed by atoms with Gasteiger partial charge in [0.2, 0.25) is 5.91 Å². The van der Waals surface area contributed by atoms with Crippen LogP contribution in [0.15, 0.2) is 121 Å². The number of unbranched alkanes of at least 4 members (excludes halogenated alkanes) is 1. The molecule has 2 aliphatic heterocycles. The second-order valence-corrected chi connectivity index (χ2v) is 17.8. The Morgan fingerprint density at radius 2 is 1.13 bits per heavy atom. The highest BCUT2D eigenvalue weighted by Crippen LogP contribution is 2.36. The Kier molecular flexibility index (Phi) is 11.8. The summed E-state index contributed by atoms with van der Waals surface area (Å²) >= 11 is 1.95. The van der Waals surface area contributed by atoms with Crippen LogP contribution in [0.3, 0.4) is 0 Å². The molecule has 8 heteroatoms. The molecule has 2 N–H and O–H groups in total. The molecule has 0 spiro atoms. The van der Waals surface area contributed by atoms with Gasteiger partial charge in [-0.2, -0.15) is 11.8 Å². The molecule has 2 aliphatic rings. The molecule has 0 unspecified atom stereocenters. The zero-order chi connectivity index (χ0) is 31.6. The Morgan fingerprint density at radius 1 is 0.674 bits per heavy atom. The molecular formula is C38H43N3O2P2S. The fourth-order valence-electron chi connectivity index (χ4n) is 6.47. The first-order valence-corrected chi connectivity index (χ1v) is 20.5. The number of carbonyl (C=O) groups is 2. The lowest BCUT2D eigenvalue weighted by molar-refractivity contribution is -0.130. The molecular weight excluding hydrogens is 624 g/mol. The van der Waals surface area contributed by atoms with Gasteiger partial charge in [-0.15, -0.1) is 0 Å². The highest BCUT2D eigenvalue weighted by atomic mass is 32.2. The zero-order valence-corrected chi connectivity index (χ0v) is 28.8. The fraction of sp³-hybridized carbons (Fsp3) is 0.316. The minimum absolute atomic E-state index is 0.0388. The molecule has 4 aromatic carbocycles. The van der Waals surface area contributed by atoms with Gasteiger partial charge in [-0.25, -0.2) is 4.79 Å². The van der Waals surface area contributed by atoms with Crippen LogP contribution < -0.4 is 31.9 Å². The van der Waals surface area contributed by atoms with Gasteiger partial charge in [-0.1, -0.05) is 128 Å². The number of urea groups is 1. The van der Waals surface area contributed by atoms with E-state index < -0.39 is 15.8 Å². The summed E-state index contributed by atoms with van der Waals surface area (Å²) in [6.45, 7) is 1.50. The van der Waals surface area contributed by atoms with Gasteiger partial charge in [-0.05, 0) is 62.2 Å². The van der Waals surface area contributed by atoms with Crippen LogP contribution in [0.25, 0.3) is 0 Å². The summed E-state index contributed by atoms with van der Waals surface area (Å²) in [6.07, 6.45) is 5.36. The second kappa shape index (κ2) is 16.6. The van der Waals surface area contributed by atoms with E-state index in [1.165, 1.54) is 21.2 Å². The first-order valence-electron chi connectivity index (χ1n) is 16.4. The first kappa shape index (κ1) is 32.8. The summed E-state index contributed by atoms with van der Waals surface area (Å²) in [5.74, 6) is 1.23. The lowest BCUT2D eigenvalue weighted by Gasteiger charge is -2.29. The van der Waals surface area contributed by atoms with Crippen LogP contribution in [-0.4, -0.2) is 65.3 Å². The highest BCUT2D eigenvalue weighted by Gasteiger charge is 2.42. The molecule has 0 saturated carbocycles. The number of thioether (sulfide) groups is 1. The topological polar surface area (TPSA) is 61.4 Å². The van der Waals surface area contributed by atoms with Crippen molar-refractivity contribution in [3.63, 3.8) is 0 Å². The molecule has 4 aromatic rings. The van der Waals surface area contributed by atoms with E-state index in [4.69, 9.17) is 0 Å². The number of hydrogen-bond donors (Lipinski definition) is 2. The molecule has 5 nitrogen and oxygen atoms in total. The van der Waals surface area contributed by atoms with Gasteiger partial charge < -0.3 is 15.5 Å². The third kappa shape index (κ3) is 8.59. The van der Waals surface area contributed by atoms with E-state index in [-0.39, 0.29) is 24.0 Å². The van der Waals surface area contributed by atoms with Gasteiger partial charge in [0, 0.05) is 30.5 Å². The second-order valence-electron chi connectivity index (χ2n) is 11.9. The molecule has 2 heterocycles. The zero-order valence-electron chi connectivity index (χ0n) is 26.2. The number of rotatable bonds is 15. The molecule has 238 valence electrons. The molecule has 0 radical (unpaired) electrons. The van der Waals surface area contributed by atoms with Crippen LogP contribution >= 0.6 is 27.6 Å². The molecule has 2 saturated heterocycles. The number of carbonyl (C=O) groups excluding carboxylic acids is 2. The molecule has 3 amide bonds. The Bertz CT molecular complexity index is 1370. The maximum absolute atomic E-state index is 14.0. The van der Waals surface area contributed by atoms with Crippen LogP contribution in [0.2, 0.25) is 0 Å². The quantitative estimate of drug-likeness (QED) is 0.0957. The highest BCUT2D eigenvalue weighted by molar-refractivity contribution is 8.00. The average molecular weight is 668 g/mol. The number of nitrogens with one attached hydrogen (secondary N) is 2. The molecule has 46 heavy (non-hydrogen) atoms. The minimum Gasteiger partial charge on any atom is -0.342 e. The van der Waals surface area contributed by atoms with Crippen molar-refractivity contribution < 1.29 is 9.59 Å². The normalized spacial score (nSPS) is 18.7. The summed E-state index contributed by atoms with van der Waals surface area (Å²) < 4.78 is 0. The average Bonchev–Trinajstić information content (AvgIpc) is 3.66. The summed E-state index contributed by atoms with van der Waals surface area (Å²) in [5, 5.41) is 12.0. The Balaban J connectivity index is 1.14. The van der Waals surface area contributed by atoms with Crippen molar-refractivity contribution in [3.05, 3.63) is 121 Å². The molecule has 0 aromatic heterocycles. The minimum atomic E-state index is -0.585. The molecule has 0 bridgehead atoms. The number of nitrogens with zero attached hydrogens (tertiary/aromatic N) is 1. The standard InChI is InChI=1S/C38H43N3O2P2S/c42-36(24-14-13-23-35-37-34(29-46-35)39-38(43)40-37)41(25-27-44(30-15-5-1-6-16-30)31-17-7-2-8-18-31)26-28-45(32-19-9-3-10-20-32)33-21-11-4-12-22-33/h1-12,15-22,34-35,37H,13-14,23-29H2,(H2,39,40,43)/t34-,35-,37-/m1/s1. The van der Waals surface area contributed by atoms with Crippen molar-refractivity contribution in [2.75, 3.05) is 31.2 Å². The summed E-state index contributed by atoms with van der Waals surface area (Å²) in [7, 11) is -1.17. The van der Waals surface area contributed by atoms with Crippen molar-refractivity contribution >= 4 is 60.8 Å². The van der Waals surface area contributed by atoms with Crippen molar-refractivity contribution in [1.82, 2.24) is 15.5 Å². The van der Waals surface area contributed by atoms with E-state index in [0.29, 0.717) is 11.7 Å². The smallest absolute Gasteiger partial charge is 0.315 e. The number of amides is 3. The summed E-state index contributed by atoms with van der Waals surface area (Å²) in [4.78, 5) is 28.0. The molecule has 3 atom stereocenters. The van der Waals surface area contributed by atoms with E-state index >= 15 is 0 Å². The molecule has 0 aliphatic carbocycles. The largest absolute Gasteiger partial charge is 0.342 e. The Hall–Kier alpha value is -3.17. The van der Waals surface area contributed by atoms with Crippen LogP contribution in [0.5, 0.6) is 0 Å². The predicted octanol–water partition coefficient (Wildman–Crippen LogP) is 5.81. The van der Waals surface area contributed by atoms with Crippen molar-refractivity contribution in [2.24, 2.45) is 0 Å². The van der Waals surface area contributed by atoms with E-state index in [1.807, 2.05) is 11.8 Å². The van der Waals surface area contributed by atoms with Gasteiger partial charge in [0.15, 0.2) is 0 Å². The number of benzene rings is 4. The van der Waals surface area contributed by atoms with Gasteiger partial charge in [0.1, 0.15) is 0 Å². The van der Waals surface area contributed by atoms with Gasteiger partial charge in [-0.3, -0.25) is 4.79 Å². The molecule has 2 fully saturated rings. The fourth-order valence-corrected chi connectivity index (χ4v) is 12.7. The number of fused-ring (bicyclic) bond motifs is 1. The van der Waals surface area contributed by atoms with E-state index in [9.17, 15) is 9.59 Å². The maximum atomic E-state index is 14.0. The third-order valence-corrected chi connectivity index (χ3v) is 15.4. The van der Waals surface area contributed by atoms with Crippen LogP contribution in [0.4, 0.5) is 4.79 Å². The lowest BCUT2D eigenvalue weighted by atomic mass is 10.0. The predicted molar refractivity (Wildman–Crippen MR) is 198 cm³/mol. The summed E-state index contributed by atoms with van der Waals surface area (Å²) in [6, 6.07) is 43.7. The first-order chi connectivity index (χ1) is 22.7. The third-order valence-electron chi connectivity index (χ3n) is 8.88. The van der Waals surface area contributed by atoms with Crippen LogP contribution in [-0.2, 0) is 4.79 Å². The van der Waals surface area contributed by atoms with Gasteiger partial charge >= 0.3 is 6.03 Å². The SMILES string of the molecule is O=C1N[C@@H]2[C@@H](CS[C@@H]2CCCCC(=O)N(CCP(c2ccccc2)c2ccccc2)CCP(c2ccccc2)c2ccccc2)N1. The van der Waals surface area contributed by atoms with Crippen LogP contribution in [0.1, 0.15) is 25.7 Å². The number of hydrogen-bond acceptors (Lipinski definition) is 3. The monoisotopic (exact) mass is 667 g/mol. The Labute approximate surface area is 280 Å². The van der Waals surface area contributed by atoms with Crippen molar-refractivity contribution in [1.29, 1.82) is 0 Å². The molecule has 6 rings (SSSR count). The van der Waals surface area contributed by atoms with E-state index in [2.05, 4.69) is 137 Å². The van der Waals surface area contributed by atoms with Gasteiger partial charge in [0.25, 0.3) is 0 Å². The lowest BCUT2D eigenvalue weighted by Crippen LogP contribution is -2.37. The van der Waals surface area contributed by atoms with E-state index in [1.54, 1.807) is 0 Å². The van der Waals surface area contributed by atoms with Gasteiger partial charge in [0.05, 0.1) is 12.1 Å².